The number of nitrogens with zero attached hydrogens (tertiary/aromatic N) is 1. The first-order valence-corrected chi connectivity index (χ1v) is 15.7. The number of carbonyl (C=O) groups is 1. The largest absolute Gasteiger partial charge is 1.00 e. The minimum Gasteiger partial charge on any atom is -1.00 e. The molecule has 0 unspecified atom stereocenters. The molecular weight excluding hydrogens is 592 g/mol. The maximum atomic E-state index is 12.5. The maximum Gasteiger partial charge on any atom is 0.228 e. The van der Waals surface area contributed by atoms with Crippen LogP contribution in [0.3, 0.4) is 0 Å². The molecule has 2 aromatic carbocycles. The van der Waals surface area contributed by atoms with Crippen LogP contribution in [0.25, 0.3) is 0 Å². The van der Waals surface area contributed by atoms with Crippen LogP contribution in [0, 0.1) is 0 Å². The quantitative estimate of drug-likeness (QED) is 0.130. The van der Waals surface area contributed by atoms with Crippen molar-refractivity contribution < 1.29 is 31.1 Å². The second kappa shape index (κ2) is 20.1. The summed E-state index contributed by atoms with van der Waals surface area (Å²) in [4.78, 5) is 12.5. The average molecular weight is 636 g/mol. The van der Waals surface area contributed by atoms with Gasteiger partial charge in [0.25, 0.3) is 0 Å². The molecule has 0 saturated carbocycles. The van der Waals surface area contributed by atoms with Crippen molar-refractivity contribution in [2.24, 2.45) is 0 Å². The van der Waals surface area contributed by atoms with E-state index < -0.39 is 0 Å². The molecule has 1 heterocycles. The highest BCUT2D eigenvalue weighted by Crippen LogP contribution is 2.26. The van der Waals surface area contributed by atoms with Crippen molar-refractivity contribution in [3.05, 3.63) is 75.7 Å². The fourth-order valence-electron chi connectivity index (χ4n) is 4.54. The lowest BCUT2D eigenvalue weighted by atomic mass is 10.1. The Morgan fingerprint density at radius 2 is 1.49 bits per heavy atom. The number of hydrogen-bond acceptors (Lipinski definition) is 3. The van der Waals surface area contributed by atoms with E-state index in [0.29, 0.717) is 17.4 Å². The van der Waals surface area contributed by atoms with Crippen molar-refractivity contribution in [2.75, 3.05) is 11.9 Å². The number of anilines is 1. The minimum absolute atomic E-state index is 0. The SMILES string of the molecule is CCCCCCCCCCCCCCOc1ccc(CC(=O)Nc2ccc(C[n+]3ccsc3)cc2)cc1Cl.[Br-]. The Morgan fingerprint density at radius 1 is 0.872 bits per heavy atom. The van der Waals surface area contributed by atoms with Crippen LogP contribution in [0.1, 0.15) is 95.1 Å². The van der Waals surface area contributed by atoms with E-state index in [1.165, 1.54) is 76.2 Å². The van der Waals surface area contributed by atoms with Gasteiger partial charge in [-0.1, -0.05) is 119 Å². The monoisotopic (exact) mass is 634 g/mol. The molecule has 0 bridgehead atoms. The third-order valence-electron chi connectivity index (χ3n) is 6.75. The first-order valence-electron chi connectivity index (χ1n) is 14.4. The van der Waals surface area contributed by atoms with Crippen LogP contribution < -0.4 is 31.6 Å². The Morgan fingerprint density at radius 3 is 2.08 bits per heavy atom. The summed E-state index contributed by atoms with van der Waals surface area (Å²) in [6.45, 7) is 3.77. The minimum atomic E-state index is -0.0637. The standard InChI is InChI=1S/C32H43ClN2O2S.BrH/c1-2-3-4-5-6-7-8-9-10-11-12-13-21-37-31-19-16-28(23-30(31)33)24-32(36)34-29-17-14-27(15-18-29)25-35-20-22-38-26-35;/h14-20,22-23,26H,2-13,21,24-25H2,1H3;1H. The Balaban J connectivity index is 0.00000533. The number of hydrogen-bond donors (Lipinski definition) is 1. The van der Waals surface area contributed by atoms with E-state index in [4.69, 9.17) is 16.3 Å². The lowest BCUT2D eigenvalue weighted by Gasteiger charge is -2.10. The van der Waals surface area contributed by atoms with Gasteiger partial charge in [0.05, 0.1) is 23.4 Å². The number of rotatable bonds is 19. The molecular formula is C32H44BrClN2O2S. The topological polar surface area (TPSA) is 42.2 Å². The van der Waals surface area contributed by atoms with Gasteiger partial charge in [-0.15, -0.1) is 0 Å². The Labute approximate surface area is 254 Å². The van der Waals surface area contributed by atoms with Gasteiger partial charge in [-0.25, -0.2) is 0 Å². The smallest absolute Gasteiger partial charge is 0.228 e. The number of aromatic nitrogens is 1. The van der Waals surface area contributed by atoms with E-state index in [1.54, 1.807) is 11.3 Å². The Kier molecular flexibility index (Phi) is 17.1. The molecule has 0 aliphatic rings. The zero-order chi connectivity index (χ0) is 26.8. The average Bonchev–Trinajstić information content (AvgIpc) is 3.42. The van der Waals surface area contributed by atoms with E-state index in [0.717, 1.165) is 24.2 Å². The van der Waals surface area contributed by atoms with E-state index in [9.17, 15) is 4.79 Å². The van der Waals surface area contributed by atoms with Gasteiger partial charge in [-0.2, -0.15) is 4.57 Å². The van der Waals surface area contributed by atoms with E-state index in [1.807, 2.05) is 42.5 Å². The van der Waals surface area contributed by atoms with Crippen molar-refractivity contribution in [1.82, 2.24) is 0 Å². The molecule has 0 fully saturated rings. The van der Waals surface area contributed by atoms with Crippen LogP contribution in [0.15, 0.2) is 59.6 Å². The highest BCUT2D eigenvalue weighted by Gasteiger charge is 2.09. The summed E-state index contributed by atoms with van der Waals surface area (Å²) in [6, 6.07) is 13.6. The van der Waals surface area contributed by atoms with Crippen LogP contribution in [-0.2, 0) is 17.8 Å². The molecule has 4 nitrogen and oxygen atoms in total. The van der Waals surface area contributed by atoms with Gasteiger partial charge in [0.2, 0.25) is 11.4 Å². The summed E-state index contributed by atoms with van der Waals surface area (Å²) in [7, 11) is 0. The first kappa shape index (κ1) is 33.3. The van der Waals surface area contributed by atoms with Crippen molar-refractivity contribution in [3.63, 3.8) is 0 Å². The molecule has 0 aliphatic heterocycles. The highest BCUT2D eigenvalue weighted by atomic mass is 79.9. The fraction of sp³-hybridized carbons (Fsp3) is 0.500. The lowest BCUT2D eigenvalue weighted by molar-refractivity contribution is -0.683. The van der Waals surface area contributed by atoms with Gasteiger partial charge >= 0.3 is 0 Å². The Bertz CT molecular complexity index is 1060. The van der Waals surface area contributed by atoms with Crippen LogP contribution in [0.5, 0.6) is 5.75 Å². The molecule has 7 heteroatoms. The number of nitrogens with one attached hydrogen (secondary N) is 1. The zero-order valence-electron chi connectivity index (χ0n) is 23.3. The van der Waals surface area contributed by atoms with Gasteiger partial charge in [0.15, 0.2) is 12.7 Å². The molecule has 0 spiro atoms. The predicted molar refractivity (Wildman–Crippen MR) is 160 cm³/mol. The van der Waals surface area contributed by atoms with Crippen LogP contribution in [0.2, 0.25) is 5.02 Å². The van der Waals surface area contributed by atoms with Gasteiger partial charge < -0.3 is 27.0 Å². The molecule has 0 radical (unpaired) electrons. The first-order chi connectivity index (χ1) is 18.6. The molecule has 1 amide bonds. The second-order valence-corrected chi connectivity index (χ2v) is 11.3. The molecule has 39 heavy (non-hydrogen) atoms. The molecule has 0 atom stereocenters. The number of unbranched alkanes of at least 4 members (excludes halogenated alkanes) is 11. The second-order valence-electron chi connectivity index (χ2n) is 10.1. The van der Waals surface area contributed by atoms with Crippen LogP contribution in [0.4, 0.5) is 5.69 Å². The van der Waals surface area contributed by atoms with E-state index in [-0.39, 0.29) is 29.3 Å². The molecule has 3 rings (SSSR count). The van der Waals surface area contributed by atoms with Crippen molar-refractivity contribution >= 4 is 34.5 Å². The summed E-state index contributed by atoms with van der Waals surface area (Å²) >= 11 is 8.11. The molecule has 0 saturated heterocycles. The number of thiazole rings is 1. The van der Waals surface area contributed by atoms with Gasteiger partial charge in [-0.3, -0.25) is 4.79 Å². The molecule has 1 aromatic heterocycles. The molecule has 0 aliphatic carbocycles. The summed E-state index contributed by atoms with van der Waals surface area (Å²) in [6.07, 6.45) is 18.2. The third-order valence-corrected chi connectivity index (χ3v) is 7.71. The third kappa shape index (κ3) is 13.8. The van der Waals surface area contributed by atoms with Gasteiger partial charge in [-0.05, 0) is 36.2 Å². The van der Waals surface area contributed by atoms with Crippen LogP contribution >= 0.6 is 22.9 Å². The molecule has 3 aromatic rings. The number of carbonyl (C=O) groups excluding carboxylic acids is 1. The van der Waals surface area contributed by atoms with Crippen LogP contribution in [-0.4, -0.2) is 12.5 Å². The summed E-state index contributed by atoms with van der Waals surface area (Å²) < 4.78 is 8.03. The van der Waals surface area contributed by atoms with Gasteiger partial charge in [0.1, 0.15) is 5.75 Å². The van der Waals surface area contributed by atoms with Gasteiger partial charge in [0, 0.05) is 11.3 Å². The van der Waals surface area contributed by atoms with Crippen molar-refractivity contribution in [1.29, 1.82) is 0 Å². The summed E-state index contributed by atoms with van der Waals surface area (Å²) in [5.41, 5.74) is 4.94. The highest BCUT2D eigenvalue weighted by molar-refractivity contribution is 7.07. The predicted octanol–water partition coefficient (Wildman–Crippen LogP) is 6.00. The molecule has 214 valence electrons. The van der Waals surface area contributed by atoms with Crippen molar-refractivity contribution in [2.45, 2.75) is 96.9 Å². The number of halogens is 2. The normalized spacial score (nSPS) is 10.7. The number of benzene rings is 2. The fourth-order valence-corrected chi connectivity index (χ4v) is 5.40. The zero-order valence-corrected chi connectivity index (χ0v) is 26.5. The van der Waals surface area contributed by atoms with E-state index >= 15 is 0 Å². The maximum absolute atomic E-state index is 12.5. The number of ether oxygens (including phenoxy) is 1. The van der Waals surface area contributed by atoms with E-state index in [2.05, 4.69) is 33.9 Å². The van der Waals surface area contributed by atoms with Crippen molar-refractivity contribution in [3.8, 4) is 5.75 Å². The lowest BCUT2D eigenvalue weighted by Crippen LogP contribution is -3.00. The Hall–Kier alpha value is -1.89. The number of amides is 1. The summed E-state index contributed by atoms with van der Waals surface area (Å²) in [5, 5.41) is 5.59. The summed E-state index contributed by atoms with van der Waals surface area (Å²) in [5.74, 6) is 0.629. The molecule has 1 N–H and O–H groups in total.